The third-order valence-corrected chi connectivity index (χ3v) is 3.24. The number of carboxylic acid groups (broad SMARTS) is 1. The van der Waals surface area contributed by atoms with Crippen molar-refractivity contribution < 1.29 is 14.6 Å². The summed E-state index contributed by atoms with van der Waals surface area (Å²) in [4.78, 5) is 10.8. The van der Waals surface area contributed by atoms with Gasteiger partial charge in [0, 0.05) is 12.2 Å². The molecule has 0 aromatic heterocycles. The van der Waals surface area contributed by atoms with Gasteiger partial charge in [-0.05, 0) is 36.8 Å². The molecule has 2 aromatic carbocycles. The lowest BCUT2D eigenvalue weighted by Gasteiger charge is -2.13. The molecule has 6 heteroatoms. The molecule has 0 aliphatic heterocycles. The van der Waals surface area contributed by atoms with Gasteiger partial charge in [0.1, 0.15) is 5.75 Å². The second-order valence-corrected chi connectivity index (χ2v) is 5.11. The fourth-order valence-corrected chi connectivity index (χ4v) is 2.01. The molecule has 3 N–H and O–H groups in total. The van der Waals surface area contributed by atoms with Crippen LogP contribution in [0.4, 0.5) is 5.69 Å². The Hall–Kier alpha value is -2.24. The molecular formula is C16H17ClN2O3. The van der Waals surface area contributed by atoms with E-state index in [-0.39, 0.29) is 0 Å². The van der Waals surface area contributed by atoms with Crippen molar-refractivity contribution in [1.29, 1.82) is 0 Å². The molecule has 0 aliphatic carbocycles. The van der Waals surface area contributed by atoms with Gasteiger partial charge in [-0.25, -0.2) is 10.2 Å². The largest absolute Gasteiger partial charge is 0.479 e. The van der Waals surface area contributed by atoms with E-state index in [2.05, 4.69) is 10.9 Å². The third kappa shape index (κ3) is 4.65. The van der Waals surface area contributed by atoms with Crippen LogP contribution in [0.5, 0.6) is 5.75 Å². The summed E-state index contributed by atoms with van der Waals surface area (Å²) in [6, 6.07) is 15.0. The van der Waals surface area contributed by atoms with Crippen LogP contribution in [0.2, 0.25) is 5.02 Å². The van der Waals surface area contributed by atoms with Gasteiger partial charge in [0.25, 0.3) is 0 Å². The molecule has 1 atom stereocenters. The van der Waals surface area contributed by atoms with Crippen molar-refractivity contribution in [3.05, 3.63) is 59.1 Å². The number of carbonyl (C=O) groups is 1. The number of hydrogen-bond acceptors (Lipinski definition) is 4. The van der Waals surface area contributed by atoms with Gasteiger partial charge in [0.15, 0.2) is 6.10 Å². The first-order chi connectivity index (χ1) is 10.6. The Morgan fingerprint density at radius 2 is 2.00 bits per heavy atom. The van der Waals surface area contributed by atoms with Crippen LogP contribution in [-0.4, -0.2) is 17.2 Å². The van der Waals surface area contributed by atoms with E-state index < -0.39 is 12.1 Å². The van der Waals surface area contributed by atoms with Crippen molar-refractivity contribution in [3.63, 3.8) is 0 Å². The Bertz CT molecular complexity index is 635. The molecule has 22 heavy (non-hydrogen) atoms. The number of aliphatic carboxylic acids is 1. The highest BCUT2D eigenvalue weighted by Gasteiger charge is 2.14. The van der Waals surface area contributed by atoms with Crippen LogP contribution in [0.3, 0.4) is 0 Å². The summed E-state index contributed by atoms with van der Waals surface area (Å²) < 4.78 is 5.27. The summed E-state index contributed by atoms with van der Waals surface area (Å²) in [7, 11) is 0. The van der Waals surface area contributed by atoms with Crippen LogP contribution in [0.1, 0.15) is 12.5 Å². The number of hydrogen-bond donors (Lipinski definition) is 3. The van der Waals surface area contributed by atoms with Crippen molar-refractivity contribution in [3.8, 4) is 5.75 Å². The van der Waals surface area contributed by atoms with E-state index in [4.69, 9.17) is 21.4 Å². The Labute approximate surface area is 133 Å². The lowest BCUT2D eigenvalue weighted by atomic mass is 10.2. The fraction of sp³-hybridized carbons (Fsp3) is 0.188. The van der Waals surface area contributed by atoms with Gasteiger partial charge < -0.3 is 15.3 Å². The highest BCUT2D eigenvalue weighted by Crippen LogP contribution is 2.26. The smallest absolute Gasteiger partial charge is 0.344 e. The van der Waals surface area contributed by atoms with Gasteiger partial charge >= 0.3 is 5.97 Å². The van der Waals surface area contributed by atoms with Gasteiger partial charge in [-0.1, -0.05) is 35.9 Å². The lowest BCUT2D eigenvalue weighted by Crippen LogP contribution is -2.23. The number of anilines is 1. The van der Waals surface area contributed by atoms with Crippen LogP contribution < -0.4 is 15.6 Å². The summed E-state index contributed by atoms with van der Waals surface area (Å²) in [5, 5.41) is 9.21. The summed E-state index contributed by atoms with van der Waals surface area (Å²) in [5.74, 6) is -0.676. The molecule has 5 nitrogen and oxygen atoms in total. The standard InChI is InChI=1S/C16H17ClN2O3/c1-11(16(20)21)22-15-8-7-12(9-14(15)17)10-18-19-13-5-3-2-4-6-13/h2-9,11,18-19H,10H2,1H3,(H,20,21). The fourth-order valence-electron chi connectivity index (χ4n) is 1.76. The van der Waals surface area contributed by atoms with Crippen LogP contribution in [0.25, 0.3) is 0 Å². The number of carboxylic acids is 1. The first-order valence-corrected chi connectivity index (χ1v) is 7.16. The van der Waals surface area contributed by atoms with Gasteiger partial charge in [-0.15, -0.1) is 0 Å². The lowest BCUT2D eigenvalue weighted by molar-refractivity contribution is -0.144. The third-order valence-electron chi connectivity index (χ3n) is 2.95. The van der Waals surface area contributed by atoms with Crippen molar-refractivity contribution in [2.24, 2.45) is 0 Å². The second-order valence-electron chi connectivity index (χ2n) is 4.71. The van der Waals surface area contributed by atoms with E-state index in [9.17, 15) is 4.79 Å². The molecule has 0 saturated heterocycles. The molecule has 0 heterocycles. The number of ether oxygens (including phenoxy) is 1. The van der Waals surface area contributed by atoms with Crippen LogP contribution in [0, 0.1) is 0 Å². The summed E-state index contributed by atoms with van der Waals surface area (Å²) in [5.41, 5.74) is 8.06. The van der Waals surface area contributed by atoms with Crippen molar-refractivity contribution in [2.45, 2.75) is 19.6 Å². The minimum atomic E-state index is -1.03. The zero-order chi connectivity index (χ0) is 15.9. The van der Waals surface area contributed by atoms with E-state index in [0.717, 1.165) is 11.3 Å². The van der Waals surface area contributed by atoms with E-state index >= 15 is 0 Å². The molecule has 0 fully saturated rings. The van der Waals surface area contributed by atoms with Crippen LogP contribution >= 0.6 is 11.6 Å². The predicted molar refractivity (Wildman–Crippen MR) is 86.1 cm³/mol. The molecule has 0 amide bonds. The van der Waals surface area contributed by atoms with Crippen molar-refractivity contribution in [2.75, 3.05) is 5.43 Å². The molecule has 1 unspecified atom stereocenters. The average Bonchev–Trinajstić information content (AvgIpc) is 2.51. The number of rotatable bonds is 7. The van der Waals surface area contributed by atoms with Crippen molar-refractivity contribution in [1.82, 2.24) is 5.43 Å². The predicted octanol–water partition coefficient (Wildman–Crippen LogP) is 3.31. The maximum atomic E-state index is 10.8. The van der Waals surface area contributed by atoms with E-state index in [1.807, 2.05) is 36.4 Å². The van der Waals surface area contributed by atoms with E-state index in [0.29, 0.717) is 17.3 Å². The first kappa shape index (κ1) is 16.1. The molecular weight excluding hydrogens is 304 g/mol. The SMILES string of the molecule is CC(Oc1ccc(CNNc2ccccc2)cc1Cl)C(=O)O. The second kappa shape index (κ2) is 7.68. The van der Waals surface area contributed by atoms with Gasteiger partial charge in [-0.3, -0.25) is 0 Å². The maximum Gasteiger partial charge on any atom is 0.344 e. The number of para-hydroxylation sites is 1. The number of halogens is 1. The van der Waals surface area contributed by atoms with Gasteiger partial charge in [-0.2, -0.15) is 0 Å². The van der Waals surface area contributed by atoms with Crippen LogP contribution in [-0.2, 0) is 11.3 Å². The summed E-state index contributed by atoms with van der Waals surface area (Å²) >= 11 is 6.11. The van der Waals surface area contributed by atoms with Gasteiger partial charge in [0.2, 0.25) is 0 Å². The Morgan fingerprint density at radius 3 is 2.64 bits per heavy atom. The molecule has 116 valence electrons. The molecule has 0 radical (unpaired) electrons. The first-order valence-electron chi connectivity index (χ1n) is 6.78. The average molecular weight is 321 g/mol. The van der Waals surface area contributed by atoms with E-state index in [1.165, 1.54) is 6.92 Å². The van der Waals surface area contributed by atoms with Gasteiger partial charge in [0.05, 0.1) is 5.02 Å². The Morgan fingerprint density at radius 1 is 1.27 bits per heavy atom. The number of hydrazine groups is 1. The Kier molecular flexibility index (Phi) is 5.63. The van der Waals surface area contributed by atoms with Crippen molar-refractivity contribution >= 4 is 23.3 Å². The minimum Gasteiger partial charge on any atom is -0.479 e. The highest BCUT2D eigenvalue weighted by molar-refractivity contribution is 6.32. The highest BCUT2D eigenvalue weighted by atomic mass is 35.5. The topological polar surface area (TPSA) is 70.6 Å². The normalized spacial score (nSPS) is 11.7. The molecule has 2 rings (SSSR count). The zero-order valence-electron chi connectivity index (χ0n) is 12.0. The molecule has 0 saturated carbocycles. The zero-order valence-corrected chi connectivity index (χ0v) is 12.8. The maximum absolute atomic E-state index is 10.8. The number of benzene rings is 2. The molecule has 0 aliphatic rings. The Balaban J connectivity index is 1.90. The minimum absolute atomic E-state index is 0.358. The molecule has 0 bridgehead atoms. The summed E-state index contributed by atoms with van der Waals surface area (Å²) in [6.07, 6.45) is -0.943. The monoisotopic (exact) mass is 320 g/mol. The number of nitrogens with one attached hydrogen (secondary N) is 2. The van der Waals surface area contributed by atoms with E-state index in [1.54, 1.807) is 12.1 Å². The molecule has 2 aromatic rings. The molecule has 0 spiro atoms. The van der Waals surface area contributed by atoms with Crippen LogP contribution in [0.15, 0.2) is 48.5 Å². The summed E-state index contributed by atoms with van der Waals surface area (Å²) in [6.45, 7) is 2.02. The quantitative estimate of drug-likeness (QED) is 0.683.